The molecule has 6 heteroatoms. The Morgan fingerprint density at radius 2 is 2.42 bits per heavy atom. The first kappa shape index (κ1) is 9.08. The first-order chi connectivity index (χ1) is 5.79. The molecule has 0 bridgehead atoms. The van der Waals surface area contributed by atoms with Gasteiger partial charge in [-0.25, -0.2) is 4.68 Å². The monoisotopic (exact) mass is 171 g/mol. The van der Waals surface area contributed by atoms with Gasteiger partial charge in [-0.15, -0.1) is 5.10 Å². The van der Waals surface area contributed by atoms with Gasteiger partial charge in [-0.05, 0) is 17.4 Å². The van der Waals surface area contributed by atoms with Crippen LogP contribution in [0.1, 0.15) is 18.9 Å². The molecule has 0 aliphatic carbocycles. The quantitative estimate of drug-likeness (QED) is 0.650. The van der Waals surface area contributed by atoms with E-state index in [4.69, 9.17) is 10.5 Å². The smallest absolute Gasteiger partial charge is 0.180 e. The number of aromatic nitrogens is 4. The number of hydrogen-bond acceptors (Lipinski definition) is 5. The van der Waals surface area contributed by atoms with Crippen molar-refractivity contribution in [3.8, 4) is 0 Å². The lowest BCUT2D eigenvalue weighted by molar-refractivity contribution is 0.107. The number of nitrogens with zero attached hydrogens (tertiary/aromatic N) is 4. The first-order valence-electron chi connectivity index (χ1n) is 3.78. The molecular formula is C6H13N5O. The second kappa shape index (κ2) is 4.13. The lowest BCUT2D eigenvalue weighted by atomic mass is 10.4. The van der Waals surface area contributed by atoms with Crippen molar-refractivity contribution in [3.63, 3.8) is 0 Å². The Balaban J connectivity index is 2.76. The highest BCUT2D eigenvalue weighted by atomic mass is 16.5. The van der Waals surface area contributed by atoms with Gasteiger partial charge in [0.15, 0.2) is 5.82 Å². The summed E-state index contributed by atoms with van der Waals surface area (Å²) >= 11 is 0. The van der Waals surface area contributed by atoms with Crippen molar-refractivity contribution in [2.24, 2.45) is 5.73 Å². The first-order valence-corrected chi connectivity index (χ1v) is 3.78. The maximum absolute atomic E-state index is 5.37. The molecule has 1 unspecified atom stereocenters. The summed E-state index contributed by atoms with van der Waals surface area (Å²) < 4.78 is 6.72. The van der Waals surface area contributed by atoms with Crippen LogP contribution >= 0.6 is 0 Å². The van der Waals surface area contributed by atoms with Gasteiger partial charge in [-0.2, -0.15) is 0 Å². The molecule has 6 nitrogen and oxygen atoms in total. The Bertz CT molecular complexity index is 236. The maximum atomic E-state index is 5.37. The van der Waals surface area contributed by atoms with Crippen LogP contribution < -0.4 is 5.73 Å². The molecule has 0 aliphatic rings. The highest BCUT2D eigenvalue weighted by Crippen LogP contribution is 2.10. The predicted octanol–water partition coefficient (Wildman–Crippen LogP) is -0.661. The third kappa shape index (κ3) is 1.77. The Labute approximate surface area is 70.7 Å². The van der Waals surface area contributed by atoms with Gasteiger partial charge in [0.05, 0.1) is 6.54 Å². The summed E-state index contributed by atoms with van der Waals surface area (Å²) in [5, 5.41) is 11.1. The summed E-state index contributed by atoms with van der Waals surface area (Å²) in [5.74, 6) is 0.711. The third-order valence-electron chi connectivity index (χ3n) is 1.62. The van der Waals surface area contributed by atoms with E-state index < -0.39 is 0 Å². The van der Waals surface area contributed by atoms with E-state index in [1.807, 2.05) is 6.92 Å². The SMILES string of the molecule is COC(C)c1nnnn1CCN. The zero-order valence-electron chi connectivity index (χ0n) is 7.27. The molecule has 0 spiro atoms. The summed E-state index contributed by atoms with van der Waals surface area (Å²) in [6, 6.07) is 0. The van der Waals surface area contributed by atoms with Crippen LogP contribution in [0, 0.1) is 0 Å². The minimum absolute atomic E-state index is 0.0912. The van der Waals surface area contributed by atoms with E-state index in [9.17, 15) is 0 Å². The Kier molecular flexibility index (Phi) is 3.12. The number of methoxy groups -OCH3 is 1. The molecule has 0 aromatic carbocycles. The summed E-state index contributed by atoms with van der Waals surface area (Å²) in [6.45, 7) is 3.03. The summed E-state index contributed by atoms with van der Waals surface area (Å²) in [5.41, 5.74) is 5.37. The lowest BCUT2D eigenvalue weighted by Gasteiger charge is -2.07. The van der Waals surface area contributed by atoms with Crippen molar-refractivity contribution >= 4 is 0 Å². The van der Waals surface area contributed by atoms with Gasteiger partial charge in [-0.1, -0.05) is 0 Å². The summed E-state index contributed by atoms with van der Waals surface area (Å²) in [4.78, 5) is 0. The van der Waals surface area contributed by atoms with Crippen LogP contribution in [-0.2, 0) is 11.3 Å². The number of hydrogen-bond donors (Lipinski definition) is 1. The van der Waals surface area contributed by atoms with Crippen molar-refractivity contribution in [1.82, 2.24) is 20.2 Å². The maximum Gasteiger partial charge on any atom is 0.180 e. The molecule has 0 amide bonds. The number of tetrazole rings is 1. The summed E-state index contributed by atoms with van der Waals surface area (Å²) in [6.07, 6.45) is -0.0912. The van der Waals surface area contributed by atoms with Gasteiger partial charge in [0.25, 0.3) is 0 Å². The fourth-order valence-corrected chi connectivity index (χ4v) is 0.890. The van der Waals surface area contributed by atoms with Crippen molar-refractivity contribution < 1.29 is 4.74 Å². The van der Waals surface area contributed by atoms with Crippen LogP contribution in [0.4, 0.5) is 0 Å². The van der Waals surface area contributed by atoms with E-state index in [0.717, 1.165) is 0 Å². The molecule has 0 radical (unpaired) electrons. The molecule has 68 valence electrons. The molecule has 1 heterocycles. The number of ether oxygens (including phenoxy) is 1. The molecule has 1 aromatic rings. The predicted molar refractivity (Wildman–Crippen MR) is 42.3 cm³/mol. The topological polar surface area (TPSA) is 78.9 Å². The van der Waals surface area contributed by atoms with Crippen LogP contribution in [0.15, 0.2) is 0 Å². The molecule has 1 atom stereocenters. The number of nitrogens with two attached hydrogens (primary N) is 1. The van der Waals surface area contributed by atoms with Crippen molar-refractivity contribution in [3.05, 3.63) is 5.82 Å². The van der Waals surface area contributed by atoms with Gasteiger partial charge in [0.1, 0.15) is 6.10 Å². The van der Waals surface area contributed by atoms with E-state index in [1.165, 1.54) is 0 Å². The second-order valence-electron chi connectivity index (χ2n) is 2.43. The van der Waals surface area contributed by atoms with Gasteiger partial charge in [0, 0.05) is 13.7 Å². The van der Waals surface area contributed by atoms with Crippen LogP contribution in [0.3, 0.4) is 0 Å². The molecule has 1 aromatic heterocycles. The molecule has 0 fully saturated rings. The molecule has 2 N–H and O–H groups in total. The minimum Gasteiger partial charge on any atom is -0.374 e. The Morgan fingerprint density at radius 3 is 3.00 bits per heavy atom. The molecule has 0 saturated heterocycles. The molecule has 0 saturated carbocycles. The average molecular weight is 171 g/mol. The van der Waals surface area contributed by atoms with E-state index in [0.29, 0.717) is 18.9 Å². The van der Waals surface area contributed by atoms with Crippen LogP contribution in [-0.4, -0.2) is 33.9 Å². The normalized spacial score (nSPS) is 13.2. The highest BCUT2D eigenvalue weighted by Gasteiger charge is 2.12. The van der Waals surface area contributed by atoms with Gasteiger partial charge < -0.3 is 10.5 Å². The standard InChI is InChI=1S/C6H13N5O/c1-5(12-2)6-8-9-10-11(6)4-3-7/h5H,3-4,7H2,1-2H3. The average Bonchev–Trinajstić information content (AvgIpc) is 2.52. The minimum atomic E-state index is -0.0912. The Morgan fingerprint density at radius 1 is 1.67 bits per heavy atom. The molecule has 0 aliphatic heterocycles. The van der Waals surface area contributed by atoms with Gasteiger partial charge in [0.2, 0.25) is 0 Å². The van der Waals surface area contributed by atoms with Gasteiger partial charge in [-0.3, -0.25) is 0 Å². The summed E-state index contributed by atoms with van der Waals surface area (Å²) in [7, 11) is 1.62. The fourth-order valence-electron chi connectivity index (χ4n) is 0.890. The lowest BCUT2D eigenvalue weighted by Crippen LogP contribution is -2.15. The second-order valence-corrected chi connectivity index (χ2v) is 2.43. The van der Waals surface area contributed by atoms with E-state index >= 15 is 0 Å². The Hall–Kier alpha value is -1.01. The largest absolute Gasteiger partial charge is 0.374 e. The zero-order chi connectivity index (χ0) is 8.97. The number of rotatable bonds is 4. The van der Waals surface area contributed by atoms with Crippen molar-refractivity contribution in [2.45, 2.75) is 19.6 Å². The highest BCUT2D eigenvalue weighted by molar-refractivity contribution is 4.85. The molecule has 1 rings (SSSR count). The van der Waals surface area contributed by atoms with Crippen LogP contribution in [0.2, 0.25) is 0 Å². The van der Waals surface area contributed by atoms with Gasteiger partial charge >= 0.3 is 0 Å². The van der Waals surface area contributed by atoms with Crippen molar-refractivity contribution in [2.75, 3.05) is 13.7 Å². The zero-order valence-corrected chi connectivity index (χ0v) is 7.27. The fraction of sp³-hybridized carbons (Fsp3) is 0.833. The van der Waals surface area contributed by atoms with E-state index in [2.05, 4.69) is 15.5 Å². The molecule has 12 heavy (non-hydrogen) atoms. The van der Waals surface area contributed by atoms with Crippen LogP contribution in [0.5, 0.6) is 0 Å². The van der Waals surface area contributed by atoms with Crippen molar-refractivity contribution in [1.29, 1.82) is 0 Å². The third-order valence-corrected chi connectivity index (χ3v) is 1.62. The molecular weight excluding hydrogens is 158 g/mol. The van der Waals surface area contributed by atoms with E-state index in [1.54, 1.807) is 11.8 Å². The van der Waals surface area contributed by atoms with Crippen LogP contribution in [0.25, 0.3) is 0 Å². The van der Waals surface area contributed by atoms with E-state index in [-0.39, 0.29) is 6.10 Å².